The van der Waals surface area contributed by atoms with Crippen LogP contribution in [0.4, 0.5) is 4.79 Å². The Balaban J connectivity index is 1.49. The van der Waals surface area contributed by atoms with Gasteiger partial charge in [-0.1, -0.05) is 0 Å². The highest BCUT2D eigenvalue weighted by Crippen LogP contribution is 2.23. The number of aromatic nitrogens is 1. The highest BCUT2D eigenvalue weighted by atomic mass is 16.5. The first-order valence-electron chi connectivity index (χ1n) is 8.55. The molecule has 0 radical (unpaired) electrons. The van der Waals surface area contributed by atoms with Gasteiger partial charge >= 0.3 is 6.03 Å². The second-order valence-corrected chi connectivity index (χ2v) is 6.52. The zero-order valence-corrected chi connectivity index (χ0v) is 13.7. The smallest absolute Gasteiger partial charge is 0.317 e. The number of primary amides is 1. The van der Waals surface area contributed by atoms with E-state index in [1.165, 1.54) is 12.8 Å². The fourth-order valence-electron chi connectivity index (χ4n) is 3.27. The first-order chi connectivity index (χ1) is 11.6. The summed E-state index contributed by atoms with van der Waals surface area (Å²) in [7, 11) is 0. The number of amides is 3. The van der Waals surface area contributed by atoms with E-state index in [1.807, 2.05) is 12.1 Å². The lowest BCUT2D eigenvalue weighted by atomic mass is 10.1. The van der Waals surface area contributed by atoms with Crippen LogP contribution in [0.2, 0.25) is 0 Å². The van der Waals surface area contributed by atoms with Crippen molar-refractivity contribution in [3.8, 4) is 5.88 Å². The maximum Gasteiger partial charge on any atom is 0.317 e. The van der Waals surface area contributed by atoms with Gasteiger partial charge in [-0.25, -0.2) is 9.78 Å². The van der Waals surface area contributed by atoms with Gasteiger partial charge in [0, 0.05) is 31.9 Å². The Bertz CT molecular complexity index is 601. The number of hydrogen-bond donors (Lipinski definition) is 2. The number of nitrogens with two attached hydrogens (primary N) is 1. The molecule has 0 bridgehead atoms. The fraction of sp³-hybridized carbons (Fsp3) is 0.588. The summed E-state index contributed by atoms with van der Waals surface area (Å²) in [5.74, 6) is 0.0415. The van der Waals surface area contributed by atoms with Gasteiger partial charge in [0.1, 0.15) is 6.10 Å². The van der Waals surface area contributed by atoms with Crippen LogP contribution >= 0.6 is 0 Å². The van der Waals surface area contributed by atoms with Crippen LogP contribution in [0.25, 0.3) is 0 Å². The molecule has 1 atom stereocenters. The van der Waals surface area contributed by atoms with Crippen LogP contribution < -0.4 is 15.8 Å². The molecule has 1 aromatic rings. The largest absolute Gasteiger partial charge is 0.474 e. The summed E-state index contributed by atoms with van der Waals surface area (Å²) < 4.78 is 5.88. The topological polar surface area (TPSA) is 97.6 Å². The maximum atomic E-state index is 12.2. The molecule has 130 valence electrons. The van der Waals surface area contributed by atoms with Crippen molar-refractivity contribution >= 4 is 11.9 Å². The molecule has 7 heteroatoms. The molecule has 2 fully saturated rings. The van der Waals surface area contributed by atoms with Crippen LogP contribution in [0.15, 0.2) is 18.3 Å². The Morgan fingerprint density at radius 1 is 1.33 bits per heavy atom. The summed E-state index contributed by atoms with van der Waals surface area (Å²) >= 11 is 0. The Kier molecular flexibility index (Phi) is 5.17. The summed E-state index contributed by atoms with van der Waals surface area (Å²) in [6, 6.07) is 3.56. The molecule has 3 rings (SSSR count). The molecule has 0 aromatic carbocycles. The summed E-state index contributed by atoms with van der Waals surface area (Å²) in [6.07, 6.45) is 7.18. The monoisotopic (exact) mass is 332 g/mol. The molecule has 1 saturated carbocycles. The van der Waals surface area contributed by atoms with Crippen molar-refractivity contribution < 1.29 is 14.3 Å². The highest BCUT2D eigenvalue weighted by molar-refractivity contribution is 5.80. The average molecular weight is 332 g/mol. The summed E-state index contributed by atoms with van der Waals surface area (Å²) in [6.45, 7) is 1.36. The van der Waals surface area contributed by atoms with Crippen molar-refractivity contribution in [3.63, 3.8) is 0 Å². The minimum atomic E-state index is -0.340. The highest BCUT2D eigenvalue weighted by Gasteiger charge is 2.29. The maximum absolute atomic E-state index is 12.2. The van der Waals surface area contributed by atoms with Crippen LogP contribution in [-0.2, 0) is 11.3 Å². The first-order valence-corrected chi connectivity index (χ1v) is 8.55. The van der Waals surface area contributed by atoms with Crippen molar-refractivity contribution in [2.24, 2.45) is 11.7 Å². The summed E-state index contributed by atoms with van der Waals surface area (Å²) in [4.78, 5) is 29.2. The molecule has 7 nitrogen and oxygen atoms in total. The van der Waals surface area contributed by atoms with Gasteiger partial charge < -0.3 is 20.7 Å². The van der Waals surface area contributed by atoms with Crippen molar-refractivity contribution in [1.29, 1.82) is 0 Å². The molecule has 1 saturated heterocycles. The third-order valence-corrected chi connectivity index (χ3v) is 4.71. The Hall–Kier alpha value is -2.31. The molecule has 3 N–H and O–H groups in total. The average Bonchev–Trinajstić information content (AvgIpc) is 3.24. The molecule has 1 aliphatic heterocycles. The van der Waals surface area contributed by atoms with Gasteiger partial charge in [0.15, 0.2) is 0 Å². The summed E-state index contributed by atoms with van der Waals surface area (Å²) in [5.41, 5.74) is 6.23. The van der Waals surface area contributed by atoms with Crippen LogP contribution in [0, 0.1) is 5.92 Å². The second-order valence-electron chi connectivity index (χ2n) is 6.52. The summed E-state index contributed by atoms with van der Waals surface area (Å²) in [5, 5.41) is 2.87. The number of ether oxygens (including phenoxy) is 1. The molecule has 1 aromatic heterocycles. The van der Waals surface area contributed by atoms with Gasteiger partial charge in [-0.3, -0.25) is 4.79 Å². The van der Waals surface area contributed by atoms with Gasteiger partial charge in [-0.2, -0.15) is 0 Å². The zero-order chi connectivity index (χ0) is 16.9. The van der Waals surface area contributed by atoms with Gasteiger partial charge in [0.05, 0.1) is 5.92 Å². The minimum absolute atomic E-state index is 0.172. The predicted octanol–water partition coefficient (Wildman–Crippen LogP) is 1.42. The fourth-order valence-corrected chi connectivity index (χ4v) is 3.27. The van der Waals surface area contributed by atoms with Gasteiger partial charge in [-0.05, 0) is 43.7 Å². The van der Waals surface area contributed by atoms with E-state index in [0.29, 0.717) is 31.9 Å². The van der Waals surface area contributed by atoms with E-state index in [4.69, 9.17) is 10.5 Å². The molecule has 3 amide bonds. The first kappa shape index (κ1) is 16.5. The normalized spacial score (nSPS) is 21.0. The quantitative estimate of drug-likeness (QED) is 0.852. The number of rotatable bonds is 5. The van der Waals surface area contributed by atoms with E-state index < -0.39 is 0 Å². The van der Waals surface area contributed by atoms with E-state index >= 15 is 0 Å². The Morgan fingerprint density at radius 2 is 2.12 bits per heavy atom. The van der Waals surface area contributed by atoms with E-state index in [2.05, 4.69) is 10.3 Å². The third kappa shape index (κ3) is 4.15. The van der Waals surface area contributed by atoms with Crippen LogP contribution in [0.5, 0.6) is 5.88 Å². The van der Waals surface area contributed by atoms with E-state index in [0.717, 1.165) is 18.4 Å². The molecular weight excluding hydrogens is 308 g/mol. The van der Waals surface area contributed by atoms with E-state index in [1.54, 1.807) is 11.1 Å². The number of likely N-dealkylation sites (tertiary alicyclic amines) is 1. The molecule has 0 spiro atoms. The Morgan fingerprint density at radius 3 is 2.83 bits per heavy atom. The lowest BCUT2D eigenvalue weighted by Crippen LogP contribution is -2.39. The van der Waals surface area contributed by atoms with E-state index in [9.17, 15) is 9.59 Å². The predicted molar refractivity (Wildman–Crippen MR) is 88.2 cm³/mol. The number of nitrogens with one attached hydrogen (secondary N) is 1. The minimum Gasteiger partial charge on any atom is -0.474 e. The van der Waals surface area contributed by atoms with Crippen molar-refractivity contribution in [1.82, 2.24) is 15.2 Å². The SMILES string of the molecule is NC(=O)[C@@H]1CCN(C(=O)NCc2ccnc(OC3CCCC3)c2)C1. The molecule has 2 heterocycles. The van der Waals surface area contributed by atoms with Crippen LogP contribution in [0.1, 0.15) is 37.7 Å². The van der Waals surface area contributed by atoms with Crippen LogP contribution in [-0.4, -0.2) is 41.0 Å². The number of carbonyl (C=O) groups excluding carboxylic acids is 2. The standard InChI is InChI=1S/C17H24N4O3/c18-16(22)13-6-8-21(11-13)17(23)20-10-12-5-7-19-15(9-12)24-14-3-1-2-4-14/h5,7,9,13-14H,1-4,6,8,10-11H2,(H2,18,22)(H,20,23)/t13-/m1/s1. The molecule has 24 heavy (non-hydrogen) atoms. The molecule has 2 aliphatic rings. The number of hydrogen-bond acceptors (Lipinski definition) is 4. The lowest BCUT2D eigenvalue weighted by Gasteiger charge is -2.17. The van der Waals surface area contributed by atoms with Crippen molar-refractivity contribution in [3.05, 3.63) is 23.9 Å². The number of carbonyl (C=O) groups is 2. The van der Waals surface area contributed by atoms with Gasteiger partial charge in [0.2, 0.25) is 11.8 Å². The molecule has 1 aliphatic carbocycles. The van der Waals surface area contributed by atoms with Crippen molar-refractivity contribution in [2.45, 2.75) is 44.8 Å². The second kappa shape index (κ2) is 7.51. The zero-order valence-electron chi connectivity index (χ0n) is 13.7. The molecule has 0 unspecified atom stereocenters. The molecular formula is C17H24N4O3. The van der Waals surface area contributed by atoms with Crippen LogP contribution in [0.3, 0.4) is 0 Å². The van der Waals surface area contributed by atoms with Gasteiger partial charge in [-0.15, -0.1) is 0 Å². The van der Waals surface area contributed by atoms with Crippen molar-refractivity contribution in [2.75, 3.05) is 13.1 Å². The number of pyridine rings is 1. The van der Waals surface area contributed by atoms with Gasteiger partial charge in [0.25, 0.3) is 0 Å². The number of urea groups is 1. The lowest BCUT2D eigenvalue weighted by molar-refractivity contribution is -0.121. The third-order valence-electron chi connectivity index (χ3n) is 4.71. The Labute approximate surface area is 141 Å². The number of nitrogens with zero attached hydrogens (tertiary/aromatic N) is 2. The van der Waals surface area contributed by atoms with E-state index in [-0.39, 0.29) is 24.0 Å².